The first-order chi connectivity index (χ1) is 9.31. The van der Waals surface area contributed by atoms with Gasteiger partial charge in [-0.25, -0.2) is 9.67 Å². The molecule has 0 atom stereocenters. The highest BCUT2D eigenvalue weighted by Crippen LogP contribution is 2.17. The Hall–Kier alpha value is -2.14. The quantitative estimate of drug-likeness (QED) is 0.791. The number of hydrogen-bond donors (Lipinski definition) is 1. The molecular weight excluding hydrogens is 256 g/mol. The zero-order valence-corrected chi connectivity index (χ0v) is 11.4. The van der Waals surface area contributed by atoms with Gasteiger partial charge in [-0.05, 0) is 37.3 Å². The number of thiophene rings is 1. The molecule has 0 amide bonds. The third kappa shape index (κ3) is 2.82. The van der Waals surface area contributed by atoms with E-state index in [1.54, 1.807) is 10.9 Å². The van der Waals surface area contributed by atoms with E-state index in [1.807, 2.05) is 41.9 Å². The minimum atomic E-state index is 0.822. The number of aromatic nitrogens is 3. The smallest absolute Gasteiger partial charge is 0.153 e. The maximum atomic E-state index is 4.38. The van der Waals surface area contributed by atoms with Gasteiger partial charge in [-0.15, -0.1) is 11.3 Å². The summed E-state index contributed by atoms with van der Waals surface area (Å²) in [7, 11) is 0. The van der Waals surface area contributed by atoms with Crippen LogP contribution in [0.25, 0.3) is 5.82 Å². The minimum absolute atomic E-state index is 0.822. The van der Waals surface area contributed by atoms with Crippen molar-refractivity contribution in [3.63, 3.8) is 0 Å². The van der Waals surface area contributed by atoms with Crippen LogP contribution in [0, 0.1) is 6.92 Å². The van der Waals surface area contributed by atoms with Crippen LogP contribution < -0.4 is 5.32 Å². The fourth-order valence-electron chi connectivity index (χ4n) is 1.80. The van der Waals surface area contributed by atoms with Gasteiger partial charge in [-0.1, -0.05) is 0 Å². The predicted molar refractivity (Wildman–Crippen MR) is 77.7 cm³/mol. The van der Waals surface area contributed by atoms with Crippen molar-refractivity contribution >= 4 is 17.0 Å². The summed E-state index contributed by atoms with van der Waals surface area (Å²) in [6.45, 7) is 2.95. The molecule has 0 aromatic carbocycles. The first-order valence-corrected chi connectivity index (χ1v) is 6.88. The lowest BCUT2D eigenvalue weighted by atomic mass is 10.3. The van der Waals surface area contributed by atoms with Crippen molar-refractivity contribution in [2.75, 3.05) is 5.32 Å². The molecule has 0 aliphatic carbocycles. The molecule has 0 saturated carbocycles. The van der Waals surface area contributed by atoms with Crippen molar-refractivity contribution in [3.8, 4) is 5.82 Å². The Balaban J connectivity index is 1.66. The fourth-order valence-corrected chi connectivity index (χ4v) is 2.63. The molecule has 3 rings (SSSR count). The first-order valence-electron chi connectivity index (χ1n) is 6.06. The molecule has 3 aromatic rings. The number of pyridine rings is 1. The van der Waals surface area contributed by atoms with Gasteiger partial charge >= 0.3 is 0 Å². The summed E-state index contributed by atoms with van der Waals surface area (Å²) in [5.74, 6) is 0.822. The molecule has 0 aliphatic rings. The minimum Gasteiger partial charge on any atom is -0.379 e. The van der Waals surface area contributed by atoms with Crippen molar-refractivity contribution in [1.82, 2.24) is 14.8 Å². The summed E-state index contributed by atoms with van der Waals surface area (Å²) < 4.78 is 1.74. The number of anilines is 1. The Kier molecular flexibility index (Phi) is 3.29. The molecule has 0 fully saturated rings. The van der Waals surface area contributed by atoms with Gasteiger partial charge in [0.1, 0.15) is 0 Å². The Morgan fingerprint density at radius 2 is 2.21 bits per heavy atom. The van der Waals surface area contributed by atoms with Crippen LogP contribution in [0.15, 0.2) is 48.9 Å². The second-order valence-corrected chi connectivity index (χ2v) is 5.59. The Labute approximate surface area is 115 Å². The molecule has 3 heterocycles. The van der Waals surface area contributed by atoms with Gasteiger partial charge in [-0.2, -0.15) is 5.10 Å². The molecule has 0 unspecified atom stereocenters. The van der Waals surface area contributed by atoms with E-state index in [2.05, 4.69) is 34.5 Å². The zero-order chi connectivity index (χ0) is 13.1. The van der Waals surface area contributed by atoms with Crippen molar-refractivity contribution in [3.05, 3.63) is 58.7 Å². The van der Waals surface area contributed by atoms with Crippen molar-refractivity contribution in [2.45, 2.75) is 13.5 Å². The summed E-state index contributed by atoms with van der Waals surface area (Å²) in [4.78, 5) is 7.04. The van der Waals surface area contributed by atoms with Crippen molar-refractivity contribution in [1.29, 1.82) is 0 Å². The van der Waals surface area contributed by atoms with Gasteiger partial charge in [0.15, 0.2) is 5.82 Å². The average Bonchev–Trinajstić information content (AvgIpc) is 3.08. The predicted octanol–water partition coefficient (Wildman–Crippen LogP) is 3.25. The van der Waals surface area contributed by atoms with Crippen LogP contribution in [0.3, 0.4) is 0 Å². The molecule has 96 valence electrons. The highest BCUT2D eigenvalue weighted by Gasteiger charge is 2.00. The van der Waals surface area contributed by atoms with Gasteiger partial charge in [0.25, 0.3) is 0 Å². The van der Waals surface area contributed by atoms with Gasteiger partial charge in [0.05, 0.1) is 11.9 Å². The SMILES string of the molecule is Cc1ccc(CNc2ccc(-n3cccn3)nc2)s1. The average molecular weight is 270 g/mol. The van der Waals surface area contributed by atoms with Crippen molar-refractivity contribution < 1.29 is 0 Å². The van der Waals surface area contributed by atoms with Gasteiger partial charge in [-0.3, -0.25) is 0 Å². The van der Waals surface area contributed by atoms with E-state index in [0.717, 1.165) is 18.1 Å². The van der Waals surface area contributed by atoms with Crippen LogP contribution >= 0.6 is 11.3 Å². The normalized spacial score (nSPS) is 10.6. The van der Waals surface area contributed by atoms with Gasteiger partial charge in [0, 0.05) is 28.7 Å². The van der Waals surface area contributed by atoms with Crippen LogP contribution in [0.2, 0.25) is 0 Å². The summed E-state index contributed by atoms with van der Waals surface area (Å²) >= 11 is 1.81. The summed E-state index contributed by atoms with van der Waals surface area (Å²) in [6.07, 6.45) is 5.45. The fraction of sp³-hybridized carbons (Fsp3) is 0.143. The molecule has 3 aromatic heterocycles. The molecule has 0 bridgehead atoms. The summed E-state index contributed by atoms with van der Waals surface area (Å²) in [6, 6.07) is 10.1. The number of nitrogens with one attached hydrogen (secondary N) is 1. The molecule has 0 radical (unpaired) electrons. The zero-order valence-electron chi connectivity index (χ0n) is 10.6. The van der Waals surface area contributed by atoms with Crippen LogP contribution in [-0.2, 0) is 6.54 Å². The van der Waals surface area contributed by atoms with Crippen LogP contribution in [0.1, 0.15) is 9.75 Å². The molecule has 0 saturated heterocycles. The van der Waals surface area contributed by atoms with E-state index in [-0.39, 0.29) is 0 Å². The standard InChI is InChI=1S/C14H14N4S/c1-11-3-5-13(19-11)10-15-12-4-6-14(16-9-12)18-8-2-7-17-18/h2-9,15H,10H2,1H3. The topological polar surface area (TPSA) is 42.7 Å². The van der Waals surface area contributed by atoms with E-state index in [0.29, 0.717) is 0 Å². The second-order valence-electron chi connectivity index (χ2n) is 4.22. The van der Waals surface area contributed by atoms with Gasteiger partial charge in [0.2, 0.25) is 0 Å². The number of hydrogen-bond acceptors (Lipinski definition) is 4. The van der Waals surface area contributed by atoms with Crippen LogP contribution in [0.5, 0.6) is 0 Å². The van der Waals surface area contributed by atoms with E-state index in [9.17, 15) is 0 Å². The number of aryl methyl sites for hydroxylation is 1. The maximum absolute atomic E-state index is 4.38. The number of rotatable bonds is 4. The Bertz CT molecular complexity index is 640. The molecule has 19 heavy (non-hydrogen) atoms. The molecule has 4 nitrogen and oxygen atoms in total. The third-order valence-electron chi connectivity index (χ3n) is 2.75. The van der Waals surface area contributed by atoms with Gasteiger partial charge < -0.3 is 5.32 Å². The van der Waals surface area contributed by atoms with E-state index in [1.165, 1.54) is 9.75 Å². The van der Waals surface area contributed by atoms with Crippen molar-refractivity contribution in [2.24, 2.45) is 0 Å². The summed E-state index contributed by atoms with van der Waals surface area (Å²) in [5.41, 5.74) is 1.02. The Morgan fingerprint density at radius 3 is 2.84 bits per heavy atom. The molecule has 0 aliphatic heterocycles. The molecule has 0 spiro atoms. The highest BCUT2D eigenvalue weighted by molar-refractivity contribution is 7.11. The van der Waals surface area contributed by atoms with Crippen LogP contribution in [-0.4, -0.2) is 14.8 Å². The lowest BCUT2D eigenvalue weighted by Gasteiger charge is -2.05. The molecule has 1 N–H and O–H groups in total. The highest BCUT2D eigenvalue weighted by atomic mass is 32.1. The maximum Gasteiger partial charge on any atom is 0.153 e. The van der Waals surface area contributed by atoms with E-state index >= 15 is 0 Å². The van der Waals surface area contributed by atoms with E-state index < -0.39 is 0 Å². The third-order valence-corrected chi connectivity index (χ3v) is 3.75. The monoisotopic (exact) mass is 270 g/mol. The Morgan fingerprint density at radius 1 is 1.26 bits per heavy atom. The lowest BCUT2D eigenvalue weighted by molar-refractivity contribution is 0.847. The molecule has 5 heteroatoms. The molecular formula is C14H14N4S. The van der Waals surface area contributed by atoms with Crippen LogP contribution in [0.4, 0.5) is 5.69 Å². The number of nitrogens with zero attached hydrogens (tertiary/aromatic N) is 3. The van der Waals surface area contributed by atoms with E-state index in [4.69, 9.17) is 0 Å². The lowest BCUT2D eigenvalue weighted by Crippen LogP contribution is -2.01. The largest absolute Gasteiger partial charge is 0.379 e. The summed E-state index contributed by atoms with van der Waals surface area (Å²) in [5, 5.41) is 7.51. The first kappa shape index (κ1) is 11.9. The second kappa shape index (κ2) is 5.24.